The van der Waals surface area contributed by atoms with Crippen LogP contribution in [0.25, 0.3) is 10.2 Å². The summed E-state index contributed by atoms with van der Waals surface area (Å²) in [6, 6.07) is 8.21. The molecular formula is C20H21Cl2N5O5S. The number of hydrogen-bond donors (Lipinski definition) is 0. The molecule has 1 aromatic heterocycles. The number of nitro groups is 2. The topological polar surface area (TPSA) is 123 Å². The zero-order valence-corrected chi connectivity index (χ0v) is 20.2. The Morgan fingerprint density at radius 1 is 1.06 bits per heavy atom. The van der Waals surface area contributed by atoms with Crippen molar-refractivity contribution in [2.24, 2.45) is 0 Å². The van der Waals surface area contributed by atoms with Crippen molar-refractivity contribution >= 4 is 68.0 Å². The standard InChI is InChI=1S/C20H20ClN5O5S.ClH/c1-3-23(4-2)8-9-24(20-22-18-16(21)6-5-7-17(18)32-20)19(27)13-10-14(25(28)29)12-15(11-13)26(30)31;/h5-7,10-12H,3-4,8-9H2,1-2H3;1H. The normalized spacial score (nSPS) is 10.8. The van der Waals surface area contributed by atoms with Crippen LogP contribution in [0.4, 0.5) is 16.5 Å². The summed E-state index contributed by atoms with van der Waals surface area (Å²) in [7, 11) is 0. The summed E-state index contributed by atoms with van der Waals surface area (Å²) in [5.41, 5.74) is -0.673. The second-order valence-corrected chi connectivity index (χ2v) is 8.24. The highest BCUT2D eigenvalue weighted by atomic mass is 35.5. The Bertz CT molecular complexity index is 1150. The summed E-state index contributed by atoms with van der Waals surface area (Å²) in [5, 5.41) is 23.3. The minimum absolute atomic E-state index is 0. The maximum absolute atomic E-state index is 13.4. The van der Waals surface area contributed by atoms with Crippen LogP contribution in [-0.4, -0.2) is 51.8 Å². The maximum Gasteiger partial charge on any atom is 0.277 e. The lowest BCUT2D eigenvalue weighted by molar-refractivity contribution is -0.394. The van der Waals surface area contributed by atoms with Gasteiger partial charge in [-0.25, -0.2) is 4.98 Å². The van der Waals surface area contributed by atoms with Gasteiger partial charge >= 0.3 is 0 Å². The minimum Gasteiger partial charge on any atom is -0.302 e. The van der Waals surface area contributed by atoms with Gasteiger partial charge in [0.05, 0.1) is 31.2 Å². The predicted octanol–water partition coefficient (Wildman–Crippen LogP) is 5.18. The van der Waals surface area contributed by atoms with Crippen LogP contribution < -0.4 is 4.90 Å². The van der Waals surface area contributed by atoms with E-state index in [1.165, 1.54) is 16.2 Å². The van der Waals surface area contributed by atoms with Crippen molar-refractivity contribution in [3.8, 4) is 0 Å². The first-order valence-corrected chi connectivity index (χ1v) is 11.0. The molecule has 176 valence electrons. The Kier molecular flexibility index (Phi) is 9.06. The van der Waals surface area contributed by atoms with Crippen molar-refractivity contribution < 1.29 is 14.6 Å². The van der Waals surface area contributed by atoms with Gasteiger partial charge in [-0.1, -0.05) is 42.9 Å². The van der Waals surface area contributed by atoms with Crippen LogP contribution in [0.15, 0.2) is 36.4 Å². The number of amides is 1. The molecule has 0 bridgehead atoms. The lowest BCUT2D eigenvalue weighted by atomic mass is 10.1. The van der Waals surface area contributed by atoms with Crippen LogP contribution in [0.3, 0.4) is 0 Å². The van der Waals surface area contributed by atoms with Gasteiger partial charge in [-0.05, 0) is 25.2 Å². The molecule has 0 spiro atoms. The molecule has 0 aliphatic heterocycles. The largest absolute Gasteiger partial charge is 0.302 e. The summed E-state index contributed by atoms with van der Waals surface area (Å²) in [5.74, 6) is -0.612. The number of halogens is 2. The van der Waals surface area contributed by atoms with E-state index in [2.05, 4.69) is 9.88 Å². The highest BCUT2D eigenvalue weighted by molar-refractivity contribution is 7.22. The predicted molar refractivity (Wildman–Crippen MR) is 131 cm³/mol. The van der Waals surface area contributed by atoms with E-state index < -0.39 is 27.1 Å². The molecular weight excluding hydrogens is 493 g/mol. The van der Waals surface area contributed by atoms with Crippen LogP contribution in [0, 0.1) is 20.2 Å². The van der Waals surface area contributed by atoms with Crippen molar-refractivity contribution in [1.29, 1.82) is 0 Å². The van der Waals surface area contributed by atoms with Crippen molar-refractivity contribution in [2.45, 2.75) is 13.8 Å². The number of thiazole rings is 1. The van der Waals surface area contributed by atoms with Gasteiger partial charge in [-0.3, -0.25) is 29.9 Å². The summed E-state index contributed by atoms with van der Waals surface area (Å²) in [6.07, 6.45) is 0. The van der Waals surface area contributed by atoms with Crippen molar-refractivity contribution in [3.63, 3.8) is 0 Å². The molecule has 10 nitrogen and oxygen atoms in total. The average Bonchev–Trinajstić information content (AvgIpc) is 3.21. The Morgan fingerprint density at radius 2 is 1.67 bits per heavy atom. The quantitative estimate of drug-likeness (QED) is 0.285. The Morgan fingerprint density at radius 3 is 2.18 bits per heavy atom. The van der Waals surface area contributed by atoms with Crippen molar-refractivity contribution in [3.05, 3.63) is 67.2 Å². The Balaban J connectivity index is 0.00000385. The van der Waals surface area contributed by atoms with Crippen LogP contribution in [0.2, 0.25) is 5.02 Å². The first-order chi connectivity index (χ1) is 15.2. The van der Waals surface area contributed by atoms with Gasteiger partial charge in [0.15, 0.2) is 5.13 Å². The zero-order valence-electron chi connectivity index (χ0n) is 17.8. The van der Waals surface area contributed by atoms with Crippen LogP contribution in [0.5, 0.6) is 0 Å². The van der Waals surface area contributed by atoms with E-state index in [4.69, 9.17) is 11.6 Å². The van der Waals surface area contributed by atoms with E-state index in [0.717, 1.165) is 36.0 Å². The summed E-state index contributed by atoms with van der Waals surface area (Å²) in [6.45, 7) is 6.31. The molecule has 0 saturated heterocycles. The summed E-state index contributed by atoms with van der Waals surface area (Å²) >= 11 is 7.49. The number of nitro benzene ring substituents is 2. The van der Waals surface area contributed by atoms with Gasteiger partial charge < -0.3 is 4.90 Å². The lowest BCUT2D eigenvalue weighted by Crippen LogP contribution is -2.38. The van der Waals surface area contributed by atoms with Gasteiger partial charge in [-0.2, -0.15) is 0 Å². The third-order valence-corrected chi connectivity index (χ3v) is 6.29. The third kappa shape index (κ3) is 5.93. The average molecular weight is 514 g/mol. The molecule has 0 atom stereocenters. The monoisotopic (exact) mass is 513 g/mol. The number of fused-ring (bicyclic) bond motifs is 1. The maximum atomic E-state index is 13.4. The zero-order chi connectivity index (χ0) is 23.4. The van der Waals surface area contributed by atoms with Gasteiger partial charge in [0.25, 0.3) is 17.3 Å². The van der Waals surface area contributed by atoms with Gasteiger partial charge in [-0.15, -0.1) is 12.4 Å². The number of anilines is 1. The fraction of sp³-hybridized carbons (Fsp3) is 0.300. The number of non-ortho nitro benzene ring substituents is 2. The lowest BCUT2D eigenvalue weighted by Gasteiger charge is -2.24. The van der Waals surface area contributed by atoms with E-state index in [9.17, 15) is 25.0 Å². The number of likely N-dealkylation sites (N-methyl/N-ethyl adjacent to an activating group) is 1. The van der Waals surface area contributed by atoms with Gasteiger partial charge in [0.2, 0.25) is 0 Å². The molecule has 0 radical (unpaired) electrons. The van der Waals surface area contributed by atoms with Crippen molar-refractivity contribution in [2.75, 3.05) is 31.1 Å². The summed E-state index contributed by atoms with van der Waals surface area (Å²) < 4.78 is 0.776. The molecule has 33 heavy (non-hydrogen) atoms. The highest BCUT2D eigenvalue weighted by Crippen LogP contribution is 2.34. The van der Waals surface area contributed by atoms with E-state index in [1.807, 2.05) is 19.9 Å². The molecule has 1 heterocycles. The molecule has 0 aliphatic rings. The number of rotatable bonds is 9. The number of carbonyl (C=O) groups is 1. The Labute approximate surface area is 204 Å². The van der Waals surface area contributed by atoms with E-state index in [1.54, 1.807) is 12.1 Å². The molecule has 3 rings (SSSR count). The van der Waals surface area contributed by atoms with E-state index in [0.29, 0.717) is 22.2 Å². The smallest absolute Gasteiger partial charge is 0.277 e. The second-order valence-electron chi connectivity index (χ2n) is 6.82. The van der Waals surface area contributed by atoms with Crippen LogP contribution in [0.1, 0.15) is 24.2 Å². The fourth-order valence-electron chi connectivity index (χ4n) is 3.17. The first kappa shape index (κ1) is 26.4. The molecule has 1 amide bonds. The molecule has 0 N–H and O–H groups in total. The highest BCUT2D eigenvalue weighted by Gasteiger charge is 2.26. The SMILES string of the molecule is CCN(CC)CCN(C(=O)c1cc([N+](=O)[O-])cc([N+](=O)[O-])c1)c1nc2c(Cl)cccc2s1.Cl. The number of benzene rings is 2. The van der Waals surface area contributed by atoms with Crippen LogP contribution >= 0.6 is 35.3 Å². The van der Waals surface area contributed by atoms with E-state index >= 15 is 0 Å². The second kappa shape index (κ2) is 11.3. The first-order valence-electron chi connectivity index (χ1n) is 9.78. The van der Waals surface area contributed by atoms with Gasteiger partial charge in [0.1, 0.15) is 5.52 Å². The molecule has 3 aromatic rings. The fourth-order valence-corrected chi connectivity index (χ4v) is 4.46. The molecule has 0 aliphatic carbocycles. The molecule has 0 saturated carbocycles. The number of hydrogen-bond acceptors (Lipinski definition) is 8. The van der Waals surface area contributed by atoms with Crippen molar-refractivity contribution in [1.82, 2.24) is 9.88 Å². The van der Waals surface area contributed by atoms with Crippen LogP contribution in [-0.2, 0) is 0 Å². The van der Waals surface area contributed by atoms with Gasteiger partial charge in [0, 0.05) is 25.2 Å². The number of carbonyl (C=O) groups excluding carboxylic acids is 1. The van der Waals surface area contributed by atoms with E-state index in [-0.39, 0.29) is 24.5 Å². The number of para-hydroxylation sites is 1. The Hall–Kier alpha value is -2.86. The molecule has 2 aromatic carbocycles. The molecule has 13 heteroatoms. The number of aromatic nitrogens is 1. The number of nitrogens with zero attached hydrogens (tertiary/aromatic N) is 5. The summed E-state index contributed by atoms with van der Waals surface area (Å²) in [4.78, 5) is 42.5. The third-order valence-electron chi connectivity index (χ3n) is 4.94. The molecule has 0 fully saturated rings. The molecule has 0 unspecified atom stereocenters. The minimum atomic E-state index is -0.762.